The highest BCUT2D eigenvalue weighted by Crippen LogP contribution is 2.04. The molecule has 3 nitrogen and oxygen atoms in total. The first-order valence-corrected chi connectivity index (χ1v) is 4.80. The maximum atomic E-state index is 4.41. The Bertz CT molecular complexity index is 163. The van der Waals surface area contributed by atoms with E-state index in [9.17, 15) is 0 Å². The lowest BCUT2D eigenvalue weighted by Crippen LogP contribution is -2.42. The van der Waals surface area contributed by atoms with Crippen LogP contribution in [0.5, 0.6) is 0 Å². The van der Waals surface area contributed by atoms with Gasteiger partial charge in [-0.15, -0.1) is 0 Å². The largest absolute Gasteiger partial charge is 0.356 e. The molecule has 1 heterocycles. The van der Waals surface area contributed by atoms with Crippen LogP contribution >= 0.6 is 0 Å². The lowest BCUT2D eigenvalue weighted by Gasteiger charge is -2.24. The molecular formula is C9H19N3. The van der Waals surface area contributed by atoms with Crippen molar-refractivity contribution < 1.29 is 0 Å². The van der Waals surface area contributed by atoms with Crippen LogP contribution in [-0.4, -0.2) is 36.5 Å². The van der Waals surface area contributed by atoms with Crippen molar-refractivity contribution >= 4 is 5.96 Å². The Morgan fingerprint density at radius 1 is 1.58 bits per heavy atom. The van der Waals surface area contributed by atoms with E-state index in [1.165, 1.54) is 0 Å². The summed E-state index contributed by atoms with van der Waals surface area (Å²) in [4.78, 5) is 6.72. The van der Waals surface area contributed by atoms with Crippen LogP contribution in [0.25, 0.3) is 0 Å². The van der Waals surface area contributed by atoms with Crippen molar-refractivity contribution in [2.75, 3.05) is 19.6 Å². The standard InChI is InChI=1S/C9H19N3/c1-4-5-10-9-11-6-7-12(9)8(2)3/h8H,4-7H2,1-3H3,(H,10,11). The van der Waals surface area contributed by atoms with Crippen molar-refractivity contribution in [1.29, 1.82) is 0 Å². The van der Waals surface area contributed by atoms with Crippen molar-refractivity contribution in [2.24, 2.45) is 4.99 Å². The molecular weight excluding hydrogens is 150 g/mol. The highest BCUT2D eigenvalue weighted by molar-refractivity contribution is 5.81. The molecule has 0 bridgehead atoms. The molecule has 0 radical (unpaired) electrons. The van der Waals surface area contributed by atoms with Gasteiger partial charge in [-0.2, -0.15) is 0 Å². The summed E-state index contributed by atoms with van der Waals surface area (Å²) in [5.74, 6) is 1.09. The van der Waals surface area contributed by atoms with E-state index in [1.54, 1.807) is 0 Å². The van der Waals surface area contributed by atoms with E-state index in [4.69, 9.17) is 0 Å². The fourth-order valence-corrected chi connectivity index (χ4v) is 1.36. The topological polar surface area (TPSA) is 27.6 Å². The molecule has 3 heteroatoms. The van der Waals surface area contributed by atoms with Gasteiger partial charge >= 0.3 is 0 Å². The Kier molecular flexibility index (Phi) is 3.38. The zero-order chi connectivity index (χ0) is 8.97. The Hall–Kier alpha value is -0.730. The SMILES string of the molecule is CCCNC1=NCCN1C(C)C. The Morgan fingerprint density at radius 2 is 2.33 bits per heavy atom. The van der Waals surface area contributed by atoms with Crippen LogP contribution in [-0.2, 0) is 0 Å². The number of guanidine groups is 1. The molecule has 0 unspecified atom stereocenters. The average Bonchev–Trinajstić information content (AvgIpc) is 2.48. The van der Waals surface area contributed by atoms with Crippen molar-refractivity contribution in [2.45, 2.75) is 33.2 Å². The molecule has 1 N–H and O–H groups in total. The summed E-state index contributed by atoms with van der Waals surface area (Å²) in [6, 6.07) is 0.565. The van der Waals surface area contributed by atoms with Gasteiger partial charge in [-0.05, 0) is 20.3 Å². The van der Waals surface area contributed by atoms with E-state index >= 15 is 0 Å². The lowest BCUT2D eigenvalue weighted by molar-refractivity contribution is 0.369. The molecule has 1 rings (SSSR count). The van der Waals surface area contributed by atoms with Gasteiger partial charge in [-0.25, -0.2) is 0 Å². The van der Waals surface area contributed by atoms with Gasteiger partial charge < -0.3 is 10.2 Å². The summed E-state index contributed by atoms with van der Waals surface area (Å²) in [6.07, 6.45) is 1.16. The number of aliphatic imine (C=N–C) groups is 1. The summed E-state index contributed by atoms with van der Waals surface area (Å²) in [6.45, 7) is 9.63. The fraction of sp³-hybridized carbons (Fsp3) is 0.889. The van der Waals surface area contributed by atoms with Crippen LogP contribution in [0.2, 0.25) is 0 Å². The molecule has 12 heavy (non-hydrogen) atoms. The number of nitrogens with one attached hydrogen (secondary N) is 1. The van der Waals surface area contributed by atoms with Crippen molar-refractivity contribution in [3.8, 4) is 0 Å². The Balaban J connectivity index is 2.40. The third-order valence-corrected chi connectivity index (χ3v) is 2.03. The van der Waals surface area contributed by atoms with E-state index in [1.807, 2.05) is 0 Å². The summed E-state index contributed by atoms with van der Waals surface area (Å²) in [7, 11) is 0. The normalized spacial score (nSPS) is 17.0. The molecule has 0 fully saturated rings. The summed E-state index contributed by atoms with van der Waals surface area (Å²) >= 11 is 0. The third kappa shape index (κ3) is 2.13. The molecule has 0 aliphatic carbocycles. The minimum Gasteiger partial charge on any atom is -0.356 e. The zero-order valence-corrected chi connectivity index (χ0v) is 8.30. The van der Waals surface area contributed by atoms with Gasteiger partial charge in [0.2, 0.25) is 0 Å². The van der Waals surface area contributed by atoms with E-state index in [0.717, 1.165) is 32.0 Å². The van der Waals surface area contributed by atoms with Gasteiger partial charge in [0.25, 0.3) is 0 Å². The second kappa shape index (κ2) is 4.33. The second-order valence-corrected chi connectivity index (χ2v) is 3.42. The first kappa shape index (κ1) is 9.36. The molecule has 0 amide bonds. The van der Waals surface area contributed by atoms with Gasteiger partial charge in [0, 0.05) is 19.1 Å². The van der Waals surface area contributed by atoms with Gasteiger partial charge in [-0.1, -0.05) is 6.92 Å². The molecule has 0 spiro atoms. The van der Waals surface area contributed by atoms with Gasteiger partial charge in [0.15, 0.2) is 5.96 Å². The first-order chi connectivity index (χ1) is 5.75. The van der Waals surface area contributed by atoms with E-state index < -0.39 is 0 Å². The summed E-state index contributed by atoms with van der Waals surface area (Å²) < 4.78 is 0. The number of hydrogen-bond acceptors (Lipinski definition) is 3. The van der Waals surface area contributed by atoms with Gasteiger partial charge in [0.05, 0.1) is 6.54 Å². The van der Waals surface area contributed by atoms with Crippen molar-refractivity contribution in [3.63, 3.8) is 0 Å². The highest BCUT2D eigenvalue weighted by atomic mass is 15.3. The third-order valence-electron chi connectivity index (χ3n) is 2.03. The van der Waals surface area contributed by atoms with Crippen LogP contribution in [0.1, 0.15) is 27.2 Å². The Morgan fingerprint density at radius 3 is 2.92 bits per heavy atom. The zero-order valence-electron chi connectivity index (χ0n) is 8.30. The highest BCUT2D eigenvalue weighted by Gasteiger charge is 2.18. The molecule has 0 aromatic carbocycles. The van der Waals surface area contributed by atoms with Crippen LogP contribution in [0.3, 0.4) is 0 Å². The van der Waals surface area contributed by atoms with E-state index in [0.29, 0.717) is 6.04 Å². The van der Waals surface area contributed by atoms with Crippen LogP contribution < -0.4 is 5.32 Å². The van der Waals surface area contributed by atoms with Crippen LogP contribution in [0.15, 0.2) is 4.99 Å². The smallest absolute Gasteiger partial charge is 0.194 e. The summed E-state index contributed by atoms with van der Waals surface area (Å²) in [5.41, 5.74) is 0. The summed E-state index contributed by atoms with van der Waals surface area (Å²) in [5, 5.41) is 3.34. The number of nitrogens with zero attached hydrogens (tertiary/aromatic N) is 2. The van der Waals surface area contributed by atoms with Crippen LogP contribution in [0, 0.1) is 0 Å². The Labute approximate surface area is 74.9 Å². The van der Waals surface area contributed by atoms with E-state index in [-0.39, 0.29) is 0 Å². The molecule has 0 saturated heterocycles. The molecule has 1 aliphatic heterocycles. The average molecular weight is 169 g/mol. The quantitative estimate of drug-likeness (QED) is 0.684. The molecule has 70 valence electrons. The first-order valence-electron chi connectivity index (χ1n) is 4.80. The fourth-order valence-electron chi connectivity index (χ4n) is 1.36. The minimum atomic E-state index is 0.565. The second-order valence-electron chi connectivity index (χ2n) is 3.42. The van der Waals surface area contributed by atoms with Gasteiger partial charge in [-0.3, -0.25) is 4.99 Å². The molecule has 0 aromatic rings. The molecule has 0 atom stereocenters. The van der Waals surface area contributed by atoms with Crippen molar-refractivity contribution in [3.05, 3.63) is 0 Å². The van der Waals surface area contributed by atoms with Gasteiger partial charge in [0.1, 0.15) is 0 Å². The minimum absolute atomic E-state index is 0.565. The van der Waals surface area contributed by atoms with E-state index in [2.05, 4.69) is 36.0 Å². The maximum Gasteiger partial charge on any atom is 0.194 e. The molecule has 1 aliphatic rings. The van der Waals surface area contributed by atoms with Crippen LogP contribution in [0.4, 0.5) is 0 Å². The lowest BCUT2D eigenvalue weighted by atomic mass is 10.3. The molecule has 0 aromatic heterocycles. The van der Waals surface area contributed by atoms with Crippen molar-refractivity contribution in [1.82, 2.24) is 10.2 Å². The monoisotopic (exact) mass is 169 g/mol. The maximum absolute atomic E-state index is 4.41. The predicted molar refractivity (Wildman–Crippen MR) is 52.4 cm³/mol. The molecule has 0 saturated carbocycles. The number of rotatable bonds is 3. The predicted octanol–water partition coefficient (Wildman–Crippen LogP) is 1.07. The number of hydrogen-bond donors (Lipinski definition) is 1.